The van der Waals surface area contributed by atoms with E-state index in [1.807, 2.05) is 43.3 Å². The van der Waals surface area contributed by atoms with Gasteiger partial charge in [0.15, 0.2) is 23.1 Å². The van der Waals surface area contributed by atoms with Gasteiger partial charge < -0.3 is 15.2 Å². The maximum atomic E-state index is 13.4. The Bertz CT molecular complexity index is 1230. The van der Waals surface area contributed by atoms with Gasteiger partial charge >= 0.3 is 0 Å². The fourth-order valence-corrected chi connectivity index (χ4v) is 4.60. The van der Waals surface area contributed by atoms with Crippen LogP contribution >= 0.6 is 0 Å². The number of hydrogen-bond donors (Lipinski definition) is 2. The van der Waals surface area contributed by atoms with Gasteiger partial charge in [0.25, 0.3) is 0 Å². The van der Waals surface area contributed by atoms with Gasteiger partial charge in [-0.2, -0.15) is 4.98 Å². The van der Waals surface area contributed by atoms with Crippen LogP contribution in [0.3, 0.4) is 0 Å². The molecule has 2 aromatic carbocycles. The number of Topliss-reactive ketones (excluding diaryl/α,β-unsaturated/α-hetero) is 1. The first-order valence-electron chi connectivity index (χ1n) is 10.9. The molecule has 0 fully saturated rings. The van der Waals surface area contributed by atoms with Crippen LogP contribution < -0.4 is 10.1 Å². The van der Waals surface area contributed by atoms with Crippen molar-refractivity contribution in [3.8, 4) is 22.9 Å². The van der Waals surface area contributed by atoms with Crippen molar-refractivity contribution in [2.75, 3.05) is 11.9 Å². The number of anilines is 1. The lowest BCUT2D eigenvalue weighted by Crippen LogP contribution is -2.36. The summed E-state index contributed by atoms with van der Waals surface area (Å²) >= 11 is 0. The number of fused-ring (bicyclic) bond motifs is 1. The van der Waals surface area contributed by atoms with Crippen LogP contribution in [0.15, 0.2) is 59.8 Å². The Morgan fingerprint density at radius 3 is 2.72 bits per heavy atom. The van der Waals surface area contributed by atoms with Crippen molar-refractivity contribution in [1.82, 2.24) is 14.8 Å². The second kappa shape index (κ2) is 7.51. The molecule has 5 rings (SSSR count). The summed E-state index contributed by atoms with van der Waals surface area (Å²) in [5.41, 5.74) is 3.18. The molecule has 2 N–H and O–H groups in total. The SMILES string of the molecule is CCOc1cc(C2C3=C(CC(C)(C)CC3=O)Nc3nc(-c4ccccc4)nn32)ccc1O. The predicted molar refractivity (Wildman–Crippen MR) is 122 cm³/mol. The second-order valence-electron chi connectivity index (χ2n) is 9.09. The summed E-state index contributed by atoms with van der Waals surface area (Å²) in [5.74, 6) is 1.75. The molecule has 32 heavy (non-hydrogen) atoms. The Morgan fingerprint density at radius 1 is 1.19 bits per heavy atom. The molecule has 0 spiro atoms. The summed E-state index contributed by atoms with van der Waals surface area (Å²) in [6, 6.07) is 14.5. The van der Waals surface area contributed by atoms with E-state index in [-0.39, 0.29) is 16.9 Å². The summed E-state index contributed by atoms with van der Waals surface area (Å²) in [4.78, 5) is 18.1. The van der Waals surface area contributed by atoms with Crippen LogP contribution in [-0.2, 0) is 4.79 Å². The highest BCUT2D eigenvalue weighted by molar-refractivity contribution is 6.00. The third kappa shape index (κ3) is 3.43. The minimum atomic E-state index is -0.449. The molecule has 3 aromatic rings. The molecule has 2 heterocycles. The molecule has 0 saturated carbocycles. The number of aromatic nitrogens is 3. The average Bonchev–Trinajstić information content (AvgIpc) is 3.17. The predicted octanol–water partition coefficient (Wildman–Crippen LogP) is 4.71. The fraction of sp³-hybridized carbons (Fsp3) is 0.320. The highest BCUT2D eigenvalue weighted by Crippen LogP contribution is 2.46. The van der Waals surface area contributed by atoms with E-state index in [2.05, 4.69) is 19.2 Å². The number of phenolic OH excluding ortho intramolecular Hbond substituents is 1. The van der Waals surface area contributed by atoms with Gasteiger partial charge in [0.1, 0.15) is 6.04 Å². The van der Waals surface area contributed by atoms with Crippen LogP contribution in [0.2, 0.25) is 0 Å². The zero-order valence-electron chi connectivity index (χ0n) is 18.4. The van der Waals surface area contributed by atoms with Crippen molar-refractivity contribution in [1.29, 1.82) is 0 Å². The standard InChI is InChI=1S/C25H26N4O3/c1-4-32-20-12-16(10-11-18(20)30)22-21-17(13-25(2,3)14-19(21)31)26-24-27-23(28-29(22)24)15-8-6-5-7-9-15/h5-12,22,30H,4,13-14H2,1-3H3,(H,26,27,28). The zero-order valence-corrected chi connectivity index (χ0v) is 18.4. The molecule has 1 unspecified atom stereocenters. The zero-order chi connectivity index (χ0) is 22.5. The van der Waals surface area contributed by atoms with Crippen LogP contribution in [0, 0.1) is 5.41 Å². The average molecular weight is 431 g/mol. The number of phenols is 1. The summed E-state index contributed by atoms with van der Waals surface area (Å²) < 4.78 is 7.39. The van der Waals surface area contributed by atoms with Crippen LogP contribution in [-0.4, -0.2) is 32.3 Å². The molecule has 0 bridgehead atoms. The maximum absolute atomic E-state index is 13.4. The molecule has 7 heteroatoms. The highest BCUT2D eigenvalue weighted by atomic mass is 16.5. The van der Waals surface area contributed by atoms with E-state index < -0.39 is 6.04 Å². The molecular weight excluding hydrogens is 404 g/mol. The first-order valence-corrected chi connectivity index (χ1v) is 10.9. The number of carbonyl (C=O) groups is 1. The normalized spacial score (nSPS) is 19.2. The van der Waals surface area contributed by atoms with E-state index in [9.17, 15) is 9.90 Å². The topological polar surface area (TPSA) is 89.3 Å². The molecule has 1 aromatic heterocycles. The van der Waals surface area contributed by atoms with E-state index >= 15 is 0 Å². The Labute approximate surface area is 186 Å². The quantitative estimate of drug-likeness (QED) is 0.623. The van der Waals surface area contributed by atoms with E-state index in [0.717, 1.165) is 23.2 Å². The van der Waals surface area contributed by atoms with Crippen molar-refractivity contribution in [3.05, 3.63) is 65.4 Å². The van der Waals surface area contributed by atoms with Gasteiger partial charge in [-0.3, -0.25) is 4.79 Å². The maximum Gasteiger partial charge on any atom is 0.226 e. The van der Waals surface area contributed by atoms with Gasteiger partial charge in [0.2, 0.25) is 5.95 Å². The lowest BCUT2D eigenvalue weighted by Gasteiger charge is -2.38. The van der Waals surface area contributed by atoms with Crippen molar-refractivity contribution < 1.29 is 14.6 Å². The smallest absolute Gasteiger partial charge is 0.226 e. The van der Waals surface area contributed by atoms with Crippen molar-refractivity contribution in [2.45, 2.75) is 39.7 Å². The molecule has 0 saturated heterocycles. The third-order valence-electron chi connectivity index (χ3n) is 5.96. The number of carbonyl (C=O) groups excluding carboxylic acids is 1. The lowest BCUT2D eigenvalue weighted by atomic mass is 9.73. The summed E-state index contributed by atoms with van der Waals surface area (Å²) in [6.07, 6.45) is 1.21. The molecular formula is C25H26N4O3. The number of ether oxygens (including phenoxy) is 1. The van der Waals surface area contributed by atoms with Gasteiger partial charge in [0, 0.05) is 23.3 Å². The number of nitrogens with zero attached hydrogens (tertiary/aromatic N) is 3. The summed E-state index contributed by atoms with van der Waals surface area (Å²) in [6.45, 7) is 6.50. The molecule has 1 aliphatic heterocycles. The monoisotopic (exact) mass is 430 g/mol. The molecule has 0 radical (unpaired) electrons. The molecule has 2 aliphatic rings. The number of aromatic hydroxyl groups is 1. The van der Waals surface area contributed by atoms with Crippen molar-refractivity contribution >= 4 is 11.7 Å². The van der Waals surface area contributed by atoms with E-state index in [4.69, 9.17) is 14.8 Å². The number of nitrogens with one attached hydrogen (secondary N) is 1. The van der Waals surface area contributed by atoms with Gasteiger partial charge in [-0.05, 0) is 36.5 Å². The Hall–Kier alpha value is -3.61. The Morgan fingerprint density at radius 2 is 1.97 bits per heavy atom. The Kier molecular flexibility index (Phi) is 4.77. The number of hydrogen-bond acceptors (Lipinski definition) is 6. The van der Waals surface area contributed by atoms with Gasteiger partial charge in [-0.1, -0.05) is 50.2 Å². The molecule has 1 atom stereocenters. The molecule has 0 amide bonds. The highest BCUT2D eigenvalue weighted by Gasteiger charge is 2.42. The minimum absolute atomic E-state index is 0.0682. The van der Waals surface area contributed by atoms with E-state index in [0.29, 0.717) is 36.1 Å². The fourth-order valence-electron chi connectivity index (χ4n) is 4.60. The molecule has 7 nitrogen and oxygen atoms in total. The molecule has 164 valence electrons. The van der Waals surface area contributed by atoms with Crippen LogP contribution in [0.4, 0.5) is 5.95 Å². The van der Waals surface area contributed by atoms with Crippen LogP contribution in [0.25, 0.3) is 11.4 Å². The van der Waals surface area contributed by atoms with Gasteiger partial charge in [-0.15, -0.1) is 5.10 Å². The lowest BCUT2D eigenvalue weighted by molar-refractivity contribution is -0.118. The summed E-state index contributed by atoms with van der Waals surface area (Å²) in [7, 11) is 0. The van der Waals surface area contributed by atoms with Crippen molar-refractivity contribution in [2.24, 2.45) is 5.41 Å². The van der Waals surface area contributed by atoms with Crippen LogP contribution in [0.5, 0.6) is 11.5 Å². The van der Waals surface area contributed by atoms with E-state index in [1.54, 1.807) is 16.8 Å². The van der Waals surface area contributed by atoms with Gasteiger partial charge in [0.05, 0.1) is 6.61 Å². The summed E-state index contributed by atoms with van der Waals surface area (Å²) in [5, 5.41) is 18.4. The third-order valence-corrected chi connectivity index (χ3v) is 5.96. The van der Waals surface area contributed by atoms with E-state index in [1.165, 1.54) is 0 Å². The number of ketones is 1. The molecule has 1 aliphatic carbocycles. The number of allylic oxidation sites excluding steroid dienone is 2. The van der Waals surface area contributed by atoms with Gasteiger partial charge in [-0.25, -0.2) is 4.68 Å². The second-order valence-corrected chi connectivity index (χ2v) is 9.09. The first-order chi connectivity index (χ1) is 15.4. The van der Waals surface area contributed by atoms with Crippen molar-refractivity contribution in [3.63, 3.8) is 0 Å². The first kappa shape index (κ1) is 20.3. The number of benzene rings is 2. The van der Waals surface area contributed by atoms with Crippen LogP contribution in [0.1, 0.15) is 45.2 Å². The Balaban J connectivity index is 1.69. The number of rotatable bonds is 4. The largest absolute Gasteiger partial charge is 0.504 e. The minimum Gasteiger partial charge on any atom is -0.504 e.